The smallest absolute Gasteiger partial charge is 0.371 e. The number of carbonyl (C=O) groups excluding carboxylic acids is 1. The zero-order valence-electron chi connectivity index (χ0n) is 24.7. The Bertz CT molecular complexity index is 752. The number of hydrogen-bond acceptors (Lipinski definition) is 6. The molecule has 3 heterocycles. The predicted molar refractivity (Wildman–Crippen MR) is 149 cm³/mol. The quantitative estimate of drug-likeness (QED) is 0.152. The molecule has 2 bridgehead atoms. The van der Waals surface area contributed by atoms with E-state index in [1.54, 1.807) is 0 Å². The Hall–Kier alpha value is -0.733. The maximum absolute atomic E-state index is 12.9. The lowest BCUT2D eigenvalue weighted by atomic mass is 9.91. The van der Waals surface area contributed by atoms with Crippen LogP contribution in [0.2, 0.25) is 6.55 Å². The molecule has 3 aliphatic rings. The van der Waals surface area contributed by atoms with Crippen LogP contribution in [0.1, 0.15) is 106 Å². The van der Waals surface area contributed by atoms with Crippen LogP contribution in [0.15, 0.2) is 12.2 Å². The van der Waals surface area contributed by atoms with Crippen LogP contribution in [0.25, 0.3) is 0 Å². The molecule has 8 atom stereocenters. The standard InChI is InChI=1S/C30H54O6Si/c1-9-14-25-18-21(4)17-24(7)30(37(8,32-10-2)33-11-3)28(36-30)20-26-19-23(6)27(34-26)16-13-12-15-22(5)29(31)35-25/h22-28H,4,9-20H2,1-3,5-8H3/t22-,23-,24+,25+,26+,27-,28+,30+/m0/s1. The lowest BCUT2D eigenvalue weighted by Gasteiger charge is -2.36. The molecule has 37 heavy (non-hydrogen) atoms. The first-order valence-corrected chi connectivity index (χ1v) is 17.4. The van der Waals surface area contributed by atoms with Gasteiger partial charge < -0.3 is 23.1 Å². The highest BCUT2D eigenvalue weighted by atomic mass is 28.4. The minimum absolute atomic E-state index is 0.0688. The van der Waals surface area contributed by atoms with Gasteiger partial charge in [0.15, 0.2) is 0 Å². The van der Waals surface area contributed by atoms with Crippen LogP contribution in [0.4, 0.5) is 0 Å². The van der Waals surface area contributed by atoms with E-state index in [0.717, 1.165) is 63.4 Å². The van der Waals surface area contributed by atoms with Crippen LogP contribution in [-0.2, 0) is 27.9 Å². The first-order valence-electron chi connectivity index (χ1n) is 15.1. The molecule has 0 radical (unpaired) electrons. The lowest BCUT2D eigenvalue weighted by Crippen LogP contribution is -2.58. The van der Waals surface area contributed by atoms with Crippen molar-refractivity contribution in [2.24, 2.45) is 17.8 Å². The summed E-state index contributed by atoms with van der Waals surface area (Å²) in [7, 11) is -2.67. The lowest BCUT2D eigenvalue weighted by molar-refractivity contribution is -0.154. The zero-order valence-corrected chi connectivity index (χ0v) is 25.7. The molecule has 0 N–H and O–H groups in total. The van der Waals surface area contributed by atoms with E-state index in [0.29, 0.717) is 25.6 Å². The molecule has 214 valence electrons. The fourth-order valence-electron chi connectivity index (χ4n) is 6.98. The summed E-state index contributed by atoms with van der Waals surface area (Å²) in [6.07, 6.45) is 9.79. The average molecular weight is 539 g/mol. The number of epoxide rings is 1. The van der Waals surface area contributed by atoms with Gasteiger partial charge in [-0.3, -0.25) is 4.79 Å². The highest BCUT2D eigenvalue weighted by Crippen LogP contribution is 2.55. The summed E-state index contributed by atoms with van der Waals surface area (Å²) in [6.45, 7) is 20.6. The van der Waals surface area contributed by atoms with Crippen LogP contribution in [0.5, 0.6) is 0 Å². The summed E-state index contributed by atoms with van der Waals surface area (Å²) in [6, 6.07) is 0. The first kappa shape index (κ1) is 30.8. The second-order valence-corrected chi connectivity index (χ2v) is 15.3. The zero-order chi connectivity index (χ0) is 27.2. The molecule has 0 spiro atoms. The number of ether oxygens (including phenoxy) is 3. The van der Waals surface area contributed by atoms with Gasteiger partial charge in [-0.1, -0.05) is 59.1 Å². The highest BCUT2D eigenvalue weighted by Gasteiger charge is 2.74. The van der Waals surface area contributed by atoms with Crippen LogP contribution in [0.3, 0.4) is 0 Å². The Morgan fingerprint density at radius 3 is 2.35 bits per heavy atom. The van der Waals surface area contributed by atoms with Gasteiger partial charge >= 0.3 is 14.5 Å². The SMILES string of the molecule is C=C1C[C@@H](CCC)OC(=O)[C@@H](C)CCCC[C@@H]2O[C@H](C[C@@H]2C)C[C@H]2O[C@@]2([Si](C)(OCC)OCC)[C@H](C)C1. The molecule has 3 saturated heterocycles. The highest BCUT2D eigenvalue weighted by molar-refractivity contribution is 6.70. The largest absolute Gasteiger partial charge is 0.462 e. The molecule has 0 aliphatic carbocycles. The van der Waals surface area contributed by atoms with Crippen molar-refractivity contribution in [1.82, 2.24) is 0 Å². The molecule has 0 aromatic rings. The molecule has 7 heteroatoms. The third-order valence-corrected chi connectivity index (χ3v) is 13.0. The van der Waals surface area contributed by atoms with Crippen molar-refractivity contribution in [2.45, 2.75) is 142 Å². The van der Waals surface area contributed by atoms with Crippen molar-refractivity contribution < 1.29 is 27.9 Å². The van der Waals surface area contributed by atoms with Crippen LogP contribution in [0, 0.1) is 17.8 Å². The molecule has 3 fully saturated rings. The van der Waals surface area contributed by atoms with Gasteiger partial charge in [-0.15, -0.1) is 0 Å². The monoisotopic (exact) mass is 538 g/mol. The fraction of sp³-hybridized carbons (Fsp3) is 0.900. The van der Waals surface area contributed by atoms with E-state index in [9.17, 15) is 4.79 Å². The van der Waals surface area contributed by atoms with Gasteiger partial charge in [-0.05, 0) is 64.3 Å². The van der Waals surface area contributed by atoms with E-state index in [2.05, 4.69) is 33.9 Å². The number of hydrogen-bond donors (Lipinski definition) is 0. The topological polar surface area (TPSA) is 66.5 Å². The molecule has 6 nitrogen and oxygen atoms in total. The average Bonchev–Trinajstić information content (AvgIpc) is 3.45. The summed E-state index contributed by atoms with van der Waals surface area (Å²) in [5.41, 5.74) is 1.11. The van der Waals surface area contributed by atoms with Gasteiger partial charge in [-0.2, -0.15) is 0 Å². The fourth-order valence-corrected chi connectivity index (χ4v) is 10.7. The van der Waals surface area contributed by atoms with E-state index >= 15 is 0 Å². The third-order valence-electron chi connectivity index (χ3n) is 8.94. The second kappa shape index (κ2) is 13.6. The van der Waals surface area contributed by atoms with Crippen molar-refractivity contribution in [3.63, 3.8) is 0 Å². The predicted octanol–water partition coefficient (Wildman–Crippen LogP) is 6.89. The van der Waals surface area contributed by atoms with Crippen molar-refractivity contribution in [2.75, 3.05) is 13.2 Å². The minimum atomic E-state index is -2.67. The third kappa shape index (κ3) is 7.27. The van der Waals surface area contributed by atoms with E-state index in [-0.39, 0.29) is 42.2 Å². The van der Waals surface area contributed by atoms with Gasteiger partial charge in [0.05, 0.1) is 24.2 Å². The Kier molecular flexibility index (Phi) is 11.3. The molecular weight excluding hydrogens is 484 g/mol. The molecule has 3 aliphatic heterocycles. The molecule has 3 rings (SSSR count). The number of esters is 1. The van der Waals surface area contributed by atoms with E-state index < -0.39 is 13.8 Å². The molecule has 0 saturated carbocycles. The van der Waals surface area contributed by atoms with Crippen molar-refractivity contribution in [1.29, 1.82) is 0 Å². The van der Waals surface area contributed by atoms with Crippen molar-refractivity contribution in [3.05, 3.63) is 12.2 Å². The molecule has 0 unspecified atom stereocenters. The molecular formula is C30H54O6Si. The van der Waals surface area contributed by atoms with Gasteiger partial charge in [0.2, 0.25) is 0 Å². The maximum Gasteiger partial charge on any atom is 0.371 e. The number of rotatable bonds is 7. The number of fused-ring (bicyclic) bond motifs is 3. The normalized spacial score (nSPS) is 38.4. The second-order valence-electron chi connectivity index (χ2n) is 12.0. The minimum Gasteiger partial charge on any atom is -0.462 e. The Balaban J connectivity index is 1.86. The van der Waals surface area contributed by atoms with Crippen LogP contribution >= 0.6 is 0 Å². The molecule has 0 amide bonds. The Morgan fingerprint density at radius 2 is 1.70 bits per heavy atom. The first-order chi connectivity index (χ1) is 17.6. The molecule has 0 aromatic carbocycles. The van der Waals surface area contributed by atoms with Gasteiger partial charge in [0, 0.05) is 26.1 Å². The Labute approximate surface area is 227 Å². The van der Waals surface area contributed by atoms with Crippen LogP contribution < -0.4 is 0 Å². The number of carbonyl (C=O) groups is 1. The Morgan fingerprint density at radius 1 is 1.03 bits per heavy atom. The summed E-state index contributed by atoms with van der Waals surface area (Å²) in [5, 5.41) is -0.427. The summed E-state index contributed by atoms with van der Waals surface area (Å²) < 4.78 is 32.2. The van der Waals surface area contributed by atoms with Gasteiger partial charge in [0.1, 0.15) is 11.3 Å². The van der Waals surface area contributed by atoms with Crippen molar-refractivity contribution in [3.8, 4) is 0 Å². The van der Waals surface area contributed by atoms with Crippen molar-refractivity contribution >= 4 is 14.5 Å². The van der Waals surface area contributed by atoms with E-state index in [4.69, 9.17) is 23.1 Å². The summed E-state index contributed by atoms with van der Waals surface area (Å²) >= 11 is 0. The maximum atomic E-state index is 12.9. The van der Waals surface area contributed by atoms with Crippen LogP contribution in [-0.4, -0.2) is 57.4 Å². The van der Waals surface area contributed by atoms with E-state index in [1.807, 2.05) is 20.8 Å². The molecule has 0 aromatic heterocycles. The van der Waals surface area contributed by atoms with Gasteiger partial charge in [-0.25, -0.2) is 0 Å². The van der Waals surface area contributed by atoms with E-state index in [1.165, 1.54) is 0 Å². The summed E-state index contributed by atoms with van der Waals surface area (Å²) in [4.78, 5) is 12.9. The van der Waals surface area contributed by atoms with Gasteiger partial charge in [0.25, 0.3) is 0 Å². The number of cyclic esters (lactones) is 1. The summed E-state index contributed by atoms with van der Waals surface area (Å²) in [5.74, 6) is 0.580.